The molecule has 144 valence electrons. The van der Waals surface area contributed by atoms with Gasteiger partial charge in [-0.1, -0.05) is 29.4 Å². The van der Waals surface area contributed by atoms with Gasteiger partial charge in [0.1, 0.15) is 5.75 Å². The number of carbonyl (C=O) groups excluding carboxylic acids is 1. The molecule has 6 heteroatoms. The fraction of sp³-hybridized carbons (Fsp3) is 0.318. The van der Waals surface area contributed by atoms with Gasteiger partial charge >= 0.3 is 0 Å². The minimum Gasteiger partial charge on any atom is -0.493 e. The van der Waals surface area contributed by atoms with Gasteiger partial charge in [-0.2, -0.15) is 4.98 Å². The number of para-hydroxylation sites is 1. The van der Waals surface area contributed by atoms with E-state index in [4.69, 9.17) is 9.26 Å². The summed E-state index contributed by atoms with van der Waals surface area (Å²) in [5, 5.41) is 4.13. The number of hydrogen-bond acceptors (Lipinski definition) is 5. The van der Waals surface area contributed by atoms with E-state index in [-0.39, 0.29) is 11.8 Å². The van der Waals surface area contributed by atoms with E-state index in [0.29, 0.717) is 31.3 Å². The normalized spacial score (nSPS) is 16.6. The Kier molecular flexibility index (Phi) is 4.86. The molecule has 1 saturated heterocycles. The van der Waals surface area contributed by atoms with Gasteiger partial charge in [-0.05, 0) is 50.1 Å². The third-order valence-corrected chi connectivity index (χ3v) is 5.00. The van der Waals surface area contributed by atoms with Crippen molar-refractivity contribution in [3.63, 3.8) is 0 Å². The molecule has 0 saturated carbocycles. The fourth-order valence-electron chi connectivity index (χ4n) is 3.56. The second-order valence-electron chi connectivity index (χ2n) is 7.08. The predicted molar refractivity (Wildman–Crippen MR) is 107 cm³/mol. The molecule has 2 aromatic carbocycles. The molecule has 1 fully saturated rings. The van der Waals surface area contributed by atoms with Gasteiger partial charge in [0.2, 0.25) is 17.6 Å². The monoisotopic (exact) mass is 377 g/mol. The maximum absolute atomic E-state index is 12.7. The van der Waals surface area contributed by atoms with Gasteiger partial charge in [0.25, 0.3) is 0 Å². The summed E-state index contributed by atoms with van der Waals surface area (Å²) in [4.78, 5) is 19.0. The SMILES string of the molecule is CCOc1ccccc1-c1noc(C2CC(=O)N(c3cc(C)ccc3C)C2)n1. The van der Waals surface area contributed by atoms with Gasteiger partial charge in [-0.3, -0.25) is 4.79 Å². The second-order valence-corrected chi connectivity index (χ2v) is 7.08. The van der Waals surface area contributed by atoms with Crippen LogP contribution in [0.4, 0.5) is 5.69 Å². The zero-order chi connectivity index (χ0) is 19.7. The summed E-state index contributed by atoms with van der Waals surface area (Å²) in [7, 11) is 0. The molecule has 4 rings (SSSR count). The summed E-state index contributed by atoms with van der Waals surface area (Å²) < 4.78 is 11.2. The van der Waals surface area contributed by atoms with Crippen molar-refractivity contribution in [1.82, 2.24) is 10.1 Å². The highest BCUT2D eigenvalue weighted by Crippen LogP contribution is 2.35. The number of aryl methyl sites for hydroxylation is 2. The molecule has 1 aromatic heterocycles. The number of hydrogen-bond donors (Lipinski definition) is 0. The van der Waals surface area contributed by atoms with E-state index in [1.807, 2.05) is 62.1 Å². The van der Waals surface area contributed by atoms with Gasteiger partial charge in [-0.25, -0.2) is 0 Å². The number of carbonyl (C=O) groups is 1. The second kappa shape index (κ2) is 7.46. The lowest BCUT2D eigenvalue weighted by Gasteiger charge is -2.19. The molecule has 1 aliphatic rings. The minimum absolute atomic E-state index is 0.0770. The molecule has 0 spiro atoms. The number of ether oxygens (including phenoxy) is 1. The van der Waals surface area contributed by atoms with Crippen LogP contribution in [0, 0.1) is 13.8 Å². The molecule has 0 N–H and O–H groups in total. The predicted octanol–water partition coefficient (Wildman–Crippen LogP) is 4.27. The van der Waals surface area contributed by atoms with Crippen LogP contribution in [0.3, 0.4) is 0 Å². The van der Waals surface area contributed by atoms with Gasteiger partial charge < -0.3 is 14.2 Å². The van der Waals surface area contributed by atoms with Gasteiger partial charge in [0, 0.05) is 18.7 Å². The van der Waals surface area contributed by atoms with Crippen molar-refractivity contribution in [3.8, 4) is 17.1 Å². The van der Waals surface area contributed by atoms with E-state index < -0.39 is 0 Å². The number of aromatic nitrogens is 2. The molecular weight excluding hydrogens is 354 g/mol. The van der Waals surface area contributed by atoms with Crippen molar-refractivity contribution in [1.29, 1.82) is 0 Å². The summed E-state index contributed by atoms with van der Waals surface area (Å²) in [6.45, 7) is 7.08. The first-order valence-corrected chi connectivity index (χ1v) is 9.50. The molecule has 1 unspecified atom stereocenters. The standard InChI is InChI=1S/C22H23N3O3/c1-4-27-19-8-6-5-7-17(19)21-23-22(28-24-21)16-12-20(26)25(13-16)18-11-14(2)9-10-15(18)3/h5-11,16H,4,12-13H2,1-3H3. The van der Waals surface area contributed by atoms with E-state index >= 15 is 0 Å². The van der Waals surface area contributed by atoms with E-state index in [2.05, 4.69) is 16.2 Å². The number of anilines is 1. The Hall–Kier alpha value is -3.15. The molecule has 2 heterocycles. The van der Waals surface area contributed by atoms with Crippen LogP contribution in [0.2, 0.25) is 0 Å². The Morgan fingerprint density at radius 3 is 2.86 bits per heavy atom. The third-order valence-electron chi connectivity index (χ3n) is 5.00. The van der Waals surface area contributed by atoms with Crippen molar-refractivity contribution in [2.75, 3.05) is 18.1 Å². The van der Waals surface area contributed by atoms with Crippen molar-refractivity contribution < 1.29 is 14.1 Å². The molecule has 3 aromatic rings. The zero-order valence-electron chi connectivity index (χ0n) is 16.3. The Balaban J connectivity index is 1.59. The molecular formula is C22H23N3O3. The molecule has 0 aliphatic carbocycles. The minimum atomic E-state index is -0.118. The average Bonchev–Trinajstić information content (AvgIpc) is 3.31. The van der Waals surface area contributed by atoms with Crippen LogP contribution in [0.1, 0.15) is 36.3 Å². The number of nitrogens with zero attached hydrogens (tertiary/aromatic N) is 3. The average molecular weight is 377 g/mol. The molecule has 1 aliphatic heterocycles. The van der Waals surface area contributed by atoms with E-state index in [9.17, 15) is 4.79 Å². The van der Waals surface area contributed by atoms with Crippen molar-refractivity contribution in [2.24, 2.45) is 0 Å². The maximum Gasteiger partial charge on any atom is 0.232 e. The van der Waals surface area contributed by atoms with Crippen molar-refractivity contribution >= 4 is 11.6 Å². The molecule has 1 atom stereocenters. The van der Waals surface area contributed by atoms with Crippen LogP contribution < -0.4 is 9.64 Å². The smallest absolute Gasteiger partial charge is 0.232 e. The first-order valence-electron chi connectivity index (χ1n) is 9.50. The summed E-state index contributed by atoms with van der Waals surface area (Å²) in [5.41, 5.74) is 3.95. The van der Waals surface area contributed by atoms with Crippen molar-refractivity contribution in [2.45, 2.75) is 33.1 Å². The lowest BCUT2D eigenvalue weighted by Crippen LogP contribution is -2.25. The molecule has 0 bridgehead atoms. The van der Waals surface area contributed by atoms with Crippen LogP contribution in [0.15, 0.2) is 47.0 Å². The first-order chi connectivity index (χ1) is 13.6. The number of rotatable bonds is 5. The van der Waals surface area contributed by atoms with Crippen LogP contribution in [-0.4, -0.2) is 29.2 Å². The highest BCUT2D eigenvalue weighted by Gasteiger charge is 2.36. The molecule has 28 heavy (non-hydrogen) atoms. The van der Waals surface area contributed by atoms with Gasteiger partial charge in [0.05, 0.1) is 18.1 Å². The molecule has 0 radical (unpaired) electrons. The Bertz CT molecular complexity index is 1010. The third kappa shape index (κ3) is 3.38. The summed E-state index contributed by atoms with van der Waals surface area (Å²) in [5.74, 6) is 1.65. The molecule has 1 amide bonds. The van der Waals surface area contributed by atoms with Crippen LogP contribution in [0.5, 0.6) is 5.75 Å². The van der Waals surface area contributed by atoms with Crippen LogP contribution in [0.25, 0.3) is 11.4 Å². The number of amides is 1. The lowest BCUT2D eigenvalue weighted by atomic mass is 10.1. The van der Waals surface area contributed by atoms with Crippen LogP contribution in [-0.2, 0) is 4.79 Å². The molecule has 6 nitrogen and oxygen atoms in total. The van der Waals surface area contributed by atoms with E-state index in [1.54, 1.807) is 0 Å². The van der Waals surface area contributed by atoms with Crippen LogP contribution >= 0.6 is 0 Å². The first kappa shape index (κ1) is 18.2. The van der Waals surface area contributed by atoms with E-state index in [1.165, 1.54) is 0 Å². The summed E-state index contributed by atoms with van der Waals surface area (Å²) >= 11 is 0. The van der Waals surface area contributed by atoms with E-state index in [0.717, 1.165) is 28.1 Å². The highest BCUT2D eigenvalue weighted by atomic mass is 16.5. The Morgan fingerprint density at radius 2 is 2.04 bits per heavy atom. The zero-order valence-corrected chi connectivity index (χ0v) is 16.3. The number of benzene rings is 2. The summed E-state index contributed by atoms with van der Waals surface area (Å²) in [6, 6.07) is 13.8. The van der Waals surface area contributed by atoms with Gasteiger partial charge in [-0.15, -0.1) is 0 Å². The lowest BCUT2D eigenvalue weighted by molar-refractivity contribution is -0.117. The Morgan fingerprint density at radius 1 is 1.21 bits per heavy atom. The summed E-state index contributed by atoms with van der Waals surface area (Å²) in [6.07, 6.45) is 0.363. The quantitative estimate of drug-likeness (QED) is 0.664. The van der Waals surface area contributed by atoms with Gasteiger partial charge in [0.15, 0.2) is 0 Å². The topological polar surface area (TPSA) is 68.5 Å². The maximum atomic E-state index is 12.7. The Labute approximate surface area is 164 Å². The largest absolute Gasteiger partial charge is 0.493 e. The van der Waals surface area contributed by atoms with Crippen molar-refractivity contribution in [3.05, 3.63) is 59.5 Å². The highest BCUT2D eigenvalue weighted by molar-refractivity contribution is 5.97. The fourth-order valence-corrected chi connectivity index (χ4v) is 3.56.